The number of amidine groups is 1. The van der Waals surface area contributed by atoms with Crippen LogP contribution in [0.3, 0.4) is 0 Å². The van der Waals surface area contributed by atoms with Crippen molar-refractivity contribution in [2.75, 3.05) is 11.4 Å². The van der Waals surface area contributed by atoms with Crippen LogP contribution < -0.4 is 4.90 Å². The first-order valence-electron chi connectivity index (χ1n) is 7.66. The van der Waals surface area contributed by atoms with Crippen LogP contribution in [-0.4, -0.2) is 28.6 Å². The summed E-state index contributed by atoms with van der Waals surface area (Å²) in [5.74, 6) is -1.06. The Morgan fingerprint density at radius 3 is 2.33 bits per heavy atom. The number of benzene rings is 2. The van der Waals surface area contributed by atoms with Crippen LogP contribution in [0.25, 0.3) is 5.57 Å². The molecule has 3 rings (SSSR count). The van der Waals surface area contributed by atoms with Gasteiger partial charge >= 0.3 is 5.97 Å². The van der Waals surface area contributed by atoms with Crippen molar-refractivity contribution in [1.82, 2.24) is 0 Å². The molecule has 24 heavy (non-hydrogen) atoms. The molecule has 0 bridgehead atoms. The molecule has 2 aromatic carbocycles. The minimum Gasteiger partial charge on any atom is -0.510 e. The smallest absolute Gasteiger partial charge is 0.310 e. The lowest BCUT2D eigenvalue weighted by atomic mass is 10.0. The van der Waals surface area contributed by atoms with E-state index in [0.29, 0.717) is 11.1 Å². The van der Waals surface area contributed by atoms with E-state index < -0.39 is 11.9 Å². The lowest BCUT2D eigenvalue weighted by Crippen LogP contribution is -2.26. The van der Waals surface area contributed by atoms with Gasteiger partial charge in [-0.15, -0.1) is 0 Å². The van der Waals surface area contributed by atoms with E-state index in [9.17, 15) is 9.90 Å². The third-order valence-electron chi connectivity index (χ3n) is 4.24. The maximum atomic E-state index is 11.1. The molecule has 1 aliphatic rings. The van der Waals surface area contributed by atoms with Crippen LogP contribution in [0.1, 0.15) is 24.0 Å². The van der Waals surface area contributed by atoms with Gasteiger partial charge < -0.3 is 15.1 Å². The highest BCUT2D eigenvalue weighted by molar-refractivity contribution is 6.30. The molecule has 5 heteroatoms. The SMILES string of the molecule is C[C@H](C(=O)O)c1ccc(N2CC(O)=C(c3ccccc3)C2=N)cc1. The van der Waals surface area contributed by atoms with Crippen LogP contribution in [0.5, 0.6) is 0 Å². The van der Waals surface area contributed by atoms with E-state index in [2.05, 4.69) is 0 Å². The number of hydrogen-bond acceptors (Lipinski definition) is 3. The third-order valence-corrected chi connectivity index (χ3v) is 4.24. The summed E-state index contributed by atoms with van der Waals surface area (Å²) in [7, 11) is 0. The number of carboxylic acids is 1. The van der Waals surface area contributed by atoms with Crippen LogP contribution in [0, 0.1) is 5.41 Å². The van der Waals surface area contributed by atoms with Crippen molar-refractivity contribution in [1.29, 1.82) is 5.41 Å². The summed E-state index contributed by atoms with van der Waals surface area (Å²) < 4.78 is 0. The number of aliphatic carboxylic acids is 1. The molecule has 1 aliphatic heterocycles. The molecule has 0 radical (unpaired) electrons. The van der Waals surface area contributed by atoms with Crippen LogP contribution in [0.15, 0.2) is 60.4 Å². The molecule has 0 amide bonds. The van der Waals surface area contributed by atoms with Crippen molar-refractivity contribution in [2.24, 2.45) is 0 Å². The molecule has 5 nitrogen and oxygen atoms in total. The van der Waals surface area contributed by atoms with Gasteiger partial charge in [0.15, 0.2) is 0 Å². The Balaban J connectivity index is 1.85. The van der Waals surface area contributed by atoms with Crippen molar-refractivity contribution in [3.8, 4) is 0 Å². The molecule has 2 aromatic rings. The number of nitrogens with one attached hydrogen (secondary N) is 1. The fourth-order valence-corrected chi connectivity index (χ4v) is 2.79. The standard InChI is InChI=1S/C19H18N2O3/c1-12(19(23)24)13-7-9-15(10-8-13)21-11-16(22)17(18(21)20)14-5-3-2-4-6-14/h2-10,12,20,22H,11H2,1H3,(H,23,24)/t12-/m0/s1. The molecular formula is C19H18N2O3. The summed E-state index contributed by atoms with van der Waals surface area (Å²) in [4.78, 5) is 12.8. The molecule has 0 saturated heterocycles. The molecule has 0 aliphatic carbocycles. The zero-order valence-electron chi connectivity index (χ0n) is 13.2. The Morgan fingerprint density at radius 1 is 1.12 bits per heavy atom. The number of rotatable bonds is 4. The molecule has 1 atom stereocenters. The zero-order chi connectivity index (χ0) is 17.3. The van der Waals surface area contributed by atoms with E-state index >= 15 is 0 Å². The van der Waals surface area contributed by atoms with Gasteiger partial charge in [-0.2, -0.15) is 0 Å². The largest absolute Gasteiger partial charge is 0.510 e. The van der Waals surface area contributed by atoms with E-state index in [0.717, 1.165) is 11.3 Å². The van der Waals surface area contributed by atoms with Crippen LogP contribution in [0.2, 0.25) is 0 Å². The quantitative estimate of drug-likeness (QED) is 0.802. The second-order valence-corrected chi connectivity index (χ2v) is 5.77. The van der Waals surface area contributed by atoms with Gasteiger partial charge in [0.25, 0.3) is 0 Å². The maximum absolute atomic E-state index is 11.1. The fourth-order valence-electron chi connectivity index (χ4n) is 2.79. The van der Waals surface area contributed by atoms with Crippen molar-refractivity contribution < 1.29 is 15.0 Å². The third kappa shape index (κ3) is 2.76. The van der Waals surface area contributed by atoms with Gasteiger partial charge in [-0.1, -0.05) is 42.5 Å². The van der Waals surface area contributed by atoms with Crippen molar-refractivity contribution in [2.45, 2.75) is 12.8 Å². The molecule has 0 aromatic heterocycles. The van der Waals surface area contributed by atoms with Crippen LogP contribution in [-0.2, 0) is 4.79 Å². The fraction of sp³-hybridized carbons (Fsp3) is 0.158. The maximum Gasteiger partial charge on any atom is 0.310 e. The first-order chi connectivity index (χ1) is 11.5. The Kier molecular flexibility index (Phi) is 4.08. The normalized spacial score (nSPS) is 15.7. The molecule has 0 saturated carbocycles. The van der Waals surface area contributed by atoms with Crippen molar-refractivity contribution in [3.63, 3.8) is 0 Å². The molecule has 0 fully saturated rings. The lowest BCUT2D eigenvalue weighted by Gasteiger charge is -2.19. The minimum atomic E-state index is -0.873. The summed E-state index contributed by atoms with van der Waals surface area (Å²) in [5.41, 5.74) is 2.79. The molecule has 122 valence electrons. The van der Waals surface area contributed by atoms with Gasteiger partial charge in [-0.05, 0) is 30.2 Å². The van der Waals surface area contributed by atoms with Gasteiger partial charge in [0, 0.05) is 5.69 Å². The van der Waals surface area contributed by atoms with E-state index in [1.165, 1.54) is 0 Å². The topological polar surface area (TPSA) is 84.6 Å². The van der Waals surface area contributed by atoms with Gasteiger partial charge in [-0.3, -0.25) is 10.2 Å². The Labute approximate surface area is 140 Å². The first-order valence-corrected chi connectivity index (χ1v) is 7.66. The average Bonchev–Trinajstić information content (AvgIpc) is 2.89. The predicted molar refractivity (Wildman–Crippen MR) is 93.6 cm³/mol. The highest BCUT2D eigenvalue weighted by Crippen LogP contribution is 2.31. The van der Waals surface area contributed by atoms with Crippen LogP contribution in [0.4, 0.5) is 5.69 Å². The lowest BCUT2D eigenvalue weighted by molar-refractivity contribution is -0.138. The van der Waals surface area contributed by atoms with E-state index in [-0.39, 0.29) is 18.1 Å². The molecule has 3 N–H and O–H groups in total. The number of nitrogens with zero attached hydrogens (tertiary/aromatic N) is 1. The van der Waals surface area contributed by atoms with Gasteiger partial charge in [0.2, 0.25) is 0 Å². The van der Waals surface area contributed by atoms with E-state index in [1.807, 2.05) is 30.3 Å². The zero-order valence-corrected chi connectivity index (χ0v) is 13.2. The Morgan fingerprint density at radius 2 is 1.75 bits per heavy atom. The van der Waals surface area contributed by atoms with E-state index in [1.54, 1.807) is 36.1 Å². The minimum absolute atomic E-state index is 0.161. The Bertz CT molecular complexity index is 810. The number of carbonyl (C=O) groups is 1. The average molecular weight is 322 g/mol. The predicted octanol–water partition coefficient (Wildman–Crippen LogP) is 3.64. The summed E-state index contributed by atoms with van der Waals surface area (Å²) in [6, 6.07) is 16.4. The summed E-state index contributed by atoms with van der Waals surface area (Å²) in [6.07, 6.45) is 0. The number of carboxylic acid groups (broad SMARTS) is 1. The summed E-state index contributed by atoms with van der Waals surface area (Å²) in [6.45, 7) is 1.87. The number of anilines is 1. The molecular weight excluding hydrogens is 304 g/mol. The van der Waals surface area contributed by atoms with E-state index in [4.69, 9.17) is 10.5 Å². The van der Waals surface area contributed by atoms with Crippen LogP contribution >= 0.6 is 0 Å². The van der Waals surface area contributed by atoms with Gasteiger partial charge in [-0.25, -0.2) is 0 Å². The number of hydrogen-bond donors (Lipinski definition) is 3. The number of aliphatic hydroxyl groups is 1. The summed E-state index contributed by atoms with van der Waals surface area (Å²) >= 11 is 0. The van der Waals surface area contributed by atoms with Gasteiger partial charge in [0.1, 0.15) is 11.6 Å². The highest BCUT2D eigenvalue weighted by atomic mass is 16.4. The van der Waals surface area contributed by atoms with Crippen molar-refractivity contribution in [3.05, 3.63) is 71.5 Å². The second kappa shape index (κ2) is 6.20. The molecule has 0 spiro atoms. The first kappa shape index (κ1) is 15.8. The second-order valence-electron chi connectivity index (χ2n) is 5.77. The van der Waals surface area contributed by atoms with Gasteiger partial charge in [0.05, 0.1) is 18.0 Å². The summed E-state index contributed by atoms with van der Waals surface area (Å²) in [5, 5.41) is 27.7. The number of aliphatic hydroxyl groups excluding tert-OH is 1. The monoisotopic (exact) mass is 322 g/mol. The molecule has 0 unspecified atom stereocenters. The Hall–Kier alpha value is -3.08. The van der Waals surface area contributed by atoms with Crippen molar-refractivity contribution >= 4 is 23.1 Å². The highest BCUT2D eigenvalue weighted by Gasteiger charge is 2.29. The molecule has 1 heterocycles.